The molecule has 1 aromatic rings. The zero-order chi connectivity index (χ0) is 14.2. The van der Waals surface area contributed by atoms with Crippen molar-refractivity contribution in [3.63, 3.8) is 0 Å². The van der Waals surface area contributed by atoms with E-state index in [-0.39, 0.29) is 16.8 Å². The summed E-state index contributed by atoms with van der Waals surface area (Å²) < 4.78 is 13.4. The first-order valence-electron chi connectivity index (χ1n) is 6.02. The number of rotatable bonds is 2. The van der Waals surface area contributed by atoms with Gasteiger partial charge in [0.2, 0.25) is 0 Å². The smallest absolute Gasteiger partial charge is 0.295 e. The Morgan fingerprint density at radius 3 is 2.79 bits per heavy atom. The van der Waals surface area contributed by atoms with Gasteiger partial charge in [-0.15, -0.1) is 0 Å². The van der Waals surface area contributed by atoms with Crippen molar-refractivity contribution in [1.29, 1.82) is 0 Å². The molecule has 0 aliphatic carbocycles. The molecule has 1 aliphatic heterocycles. The highest BCUT2D eigenvalue weighted by Gasteiger charge is 2.28. The van der Waals surface area contributed by atoms with E-state index in [0.29, 0.717) is 24.7 Å². The Labute approximate surface area is 115 Å². The molecule has 1 heterocycles. The fraction of sp³-hybridized carbons (Fsp3) is 0.500. The summed E-state index contributed by atoms with van der Waals surface area (Å²) in [5.41, 5.74) is 5.99. The standard InChI is InChI=1S/C12H15ClFN3O2/c1-7-2-8(15)6-16(5-7)11-3-9(13)10(14)4-12(11)17(18)19/h3-4,7-8H,2,5-6,15H2,1H3. The van der Waals surface area contributed by atoms with Gasteiger partial charge < -0.3 is 10.6 Å². The Hall–Kier alpha value is -1.40. The highest BCUT2D eigenvalue weighted by molar-refractivity contribution is 6.31. The van der Waals surface area contributed by atoms with Crippen LogP contribution in [0.15, 0.2) is 12.1 Å². The number of piperidine rings is 1. The molecule has 19 heavy (non-hydrogen) atoms. The van der Waals surface area contributed by atoms with Gasteiger partial charge in [-0.25, -0.2) is 4.39 Å². The van der Waals surface area contributed by atoms with Gasteiger partial charge in [0, 0.05) is 19.1 Å². The zero-order valence-electron chi connectivity index (χ0n) is 10.5. The summed E-state index contributed by atoms with van der Waals surface area (Å²) in [5, 5.41) is 10.9. The number of halogens is 2. The lowest BCUT2D eigenvalue weighted by molar-refractivity contribution is -0.384. The summed E-state index contributed by atoms with van der Waals surface area (Å²) in [7, 11) is 0. The molecule has 1 saturated heterocycles. The first-order valence-corrected chi connectivity index (χ1v) is 6.40. The Morgan fingerprint density at radius 1 is 1.53 bits per heavy atom. The second-order valence-corrected chi connectivity index (χ2v) is 5.43. The van der Waals surface area contributed by atoms with Crippen LogP contribution in [-0.4, -0.2) is 24.1 Å². The summed E-state index contributed by atoms with van der Waals surface area (Å²) in [6.07, 6.45) is 0.874. The van der Waals surface area contributed by atoms with Crippen LogP contribution in [0.1, 0.15) is 13.3 Å². The zero-order valence-corrected chi connectivity index (χ0v) is 11.2. The van der Waals surface area contributed by atoms with Gasteiger partial charge in [0.05, 0.1) is 16.0 Å². The normalized spacial score (nSPS) is 23.5. The van der Waals surface area contributed by atoms with Gasteiger partial charge in [-0.2, -0.15) is 0 Å². The van der Waals surface area contributed by atoms with E-state index in [1.807, 2.05) is 11.8 Å². The first kappa shape index (κ1) is 14.0. The van der Waals surface area contributed by atoms with Crippen molar-refractivity contribution in [3.8, 4) is 0 Å². The average Bonchev–Trinajstić information content (AvgIpc) is 2.30. The van der Waals surface area contributed by atoms with E-state index in [2.05, 4.69) is 0 Å². The van der Waals surface area contributed by atoms with E-state index in [4.69, 9.17) is 17.3 Å². The summed E-state index contributed by atoms with van der Waals surface area (Å²) in [6, 6.07) is 2.12. The predicted octanol–water partition coefficient (Wildman–Crippen LogP) is 2.56. The van der Waals surface area contributed by atoms with Gasteiger partial charge in [0.15, 0.2) is 0 Å². The van der Waals surface area contributed by atoms with E-state index in [1.54, 1.807) is 0 Å². The summed E-state index contributed by atoms with van der Waals surface area (Å²) in [6.45, 7) is 3.19. The number of benzene rings is 1. The van der Waals surface area contributed by atoms with Gasteiger partial charge in [-0.3, -0.25) is 10.1 Å². The first-order chi connectivity index (χ1) is 8.88. The number of nitro benzene ring substituents is 1. The average molecular weight is 288 g/mol. The molecule has 1 aromatic carbocycles. The molecule has 1 fully saturated rings. The maximum atomic E-state index is 13.4. The fourth-order valence-corrected chi connectivity index (χ4v) is 2.68. The van der Waals surface area contributed by atoms with Crippen molar-refractivity contribution in [3.05, 3.63) is 33.1 Å². The van der Waals surface area contributed by atoms with Gasteiger partial charge in [0.1, 0.15) is 11.5 Å². The molecule has 104 valence electrons. The van der Waals surface area contributed by atoms with E-state index < -0.39 is 10.7 Å². The van der Waals surface area contributed by atoms with E-state index in [9.17, 15) is 14.5 Å². The molecule has 2 atom stereocenters. The van der Waals surface area contributed by atoms with Crippen LogP contribution in [0.5, 0.6) is 0 Å². The van der Waals surface area contributed by atoms with Crippen LogP contribution in [-0.2, 0) is 0 Å². The van der Waals surface area contributed by atoms with Crippen molar-refractivity contribution in [2.75, 3.05) is 18.0 Å². The minimum Gasteiger partial charge on any atom is -0.364 e. The minimum absolute atomic E-state index is 0.0489. The van der Waals surface area contributed by atoms with Gasteiger partial charge in [-0.05, 0) is 18.4 Å². The van der Waals surface area contributed by atoms with Crippen molar-refractivity contribution in [2.45, 2.75) is 19.4 Å². The number of hydrogen-bond donors (Lipinski definition) is 1. The van der Waals surface area contributed by atoms with E-state index in [0.717, 1.165) is 12.5 Å². The molecular formula is C12H15ClFN3O2. The van der Waals surface area contributed by atoms with Crippen molar-refractivity contribution < 1.29 is 9.31 Å². The maximum Gasteiger partial charge on any atom is 0.295 e. The van der Waals surface area contributed by atoms with Crippen molar-refractivity contribution >= 4 is 23.0 Å². The lowest BCUT2D eigenvalue weighted by Crippen LogP contribution is -2.46. The van der Waals surface area contributed by atoms with Crippen LogP contribution in [0.3, 0.4) is 0 Å². The Morgan fingerprint density at radius 2 is 2.21 bits per heavy atom. The second kappa shape index (κ2) is 5.30. The number of hydrogen-bond acceptors (Lipinski definition) is 4. The second-order valence-electron chi connectivity index (χ2n) is 5.02. The topological polar surface area (TPSA) is 72.4 Å². The van der Waals surface area contributed by atoms with Crippen LogP contribution < -0.4 is 10.6 Å². The Kier molecular flexibility index (Phi) is 3.91. The molecule has 5 nitrogen and oxygen atoms in total. The summed E-state index contributed by atoms with van der Waals surface area (Å²) in [4.78, 5) is 12.2. The summed E-state index contributed by atoms with van der Waals surface area (Å²) >= 11 is 5.73. The third kappa shape index (κ3) is 2.96. The Balaban J connectivity index is 2.42. The highest BCUT2D eigenvalue weighted by atomic mass is 35.5. The number of nitrogens with two attached hydrogens (primary N) is 1. The van der Waals surface area contributed by atoms with Crippen LogP contribution in [0.25, 0.3) is 0 Å². The molecule has 7 heteroatoms. The number of nitrogens with zero attached hydrogens (tertiary/aromatic N) is 2. The molecule has 0 spiro atoms. The van der Waals surface area contributed by atoms with Gasteiger partial charge in [-0.1, -0.05) is 18.5 Å². The number of nitro groups is 1. The molecule has 1 aliphatic rings. The molecule has 2 rings (SSSR count). The van der Waals surface area contributed by atoms with Crippen LogP contribution >= 0.6 is 11.6 Å². The molecule has 2 unspecified atom stereocenters. The van der Waals surface area contributed by atoms with E-state index in [1.165, 1.54) is 6.07 Å². The molecule has 0 radical (unpaired) electrons. The van der Waals surface area contributed by atoms with Gasteiger partial charge in [0.25, 0.3) is 5.69 Å². The van der Waals surface area contributed by atoms with Gasteiger partial charge >= 0.3 is 0 Å². The van der Waals surface area contributed by atoms with Crippen LogP contribution in [0.4, 0.5) is 15.8 Å². The molecule has 0 aromatic heterocycles. The summed E-state index contributed by atoms with van der Waals surface area (Å²) in [5.74, 6) is -0.460. The predicted molar refractivity (Wildman–Crippen MR) is 72.0 cm³/mol. The SMILES string of the molecule is CC1CC(N)CN(c2cc(Cl)c(F)cc2[N+](=O)[O-])C1. The van der Waals surface area contributed by atoms with Crippen molar-refractivity contribution in [1.82, 2.24) is 0 Å². The highest BCUT2D eigenvalue weighted by Crippen LogP contribution is 2.35. The third-order valence-corrected chi connectivity index (χ3v) is 3.54. The monoisotopic (exact) mass is 287 g/mol. The molecule has 0 saturated carbocycles. The van der Waals surface area contributed by atoms with E-state index >= 15 is 0 Å². The Bertz CT molecular complexity index is 502. The quantitative estimate of drug-likeness (QED) is 0.670. The lowest BCUT2D eigenvalue weighted by Gasteiger charge is -2.36. The molecule has 0 bridgehead atoms. The number of anilines is 1. The molecular weight excluding hydrogens is 273 g/mol. The maximum absolute atomic E-state index is 13.4. The fourth-order valence-electron chi connectivity index (χ4n) is 2.52. The third-order valence-electron chi connectivity index (χ3n) is 3.25. The lowest BCUT2D eigenvalue weighted by atomic mass is 9.96. The largest absolute Gasteiger partial charge is 0.364 e. The molecule has 2 N–H and O–H groups in total. The van der Waals surface area contributed by atoms with Crippen LogP contribution in [0.2, 0.25) is 5.02 Å². The van der Waals surface area contributed by atoms with Crippen LogP contribution in [0, 0.1) is 21.8 Å². The van der Waals surface area contributed by atoms with Crippen molar-refractivity contribution in [2.24, 2.45) is 11.7 Å². The minimum atomic E-state index is -0.786. The molecule has 0 amide bonds.